The molecular weight excluding hydrogens is 244 g/mol. The molecule has 1 aliphatic rings. The summed E-state index contributed by atoms with van der Waals surface area (Å²) >= 11 is 0. The zero-order valence-electron chi connectivity index (χ0n) is 11.4. The van der Waals surface area contributed by atoms with Crippen LogP contribution in [-0.4, -0.2) is 44.7 Å². The Morgan fingerprint density at radius 2 is 2.32 bits per heavy atom. The lowest BCUT2D eigenvalue weighted by Gasteiger charge is -2.27. The third-order valence-electron chi connectivity index (χ3n) is 3.17. The van der Waals surface area contributed by atoms with Gasteiger partial charge in [-0.15, -0.1) is 0 Å². The standard InChI is InChI=1S/C14H20N2O3/c1-15-8-11-3-4-13(18-2)12(7-11)9-16-5-6-19-10-14(16)17/h3-4,7,15H,5-6,8-10H2,1-2H3. The Labute approximate surface area is 113 Å². The van der Waals surface area contributed by atoms with E-state index in [0.717, 1.165) is 17.9 Å². The van der Waals surface area contributed by atoms with Gasteiger partial charge in [0.05, 0.1) is 13.7 Å². The van der Waals surface area contributed by atoms with E-state index in [0.29, 0.717) is 19.7 Å². The number of rotatable bonds is 5. The largest absolute Gasteiger partial charge is 0.496 e. The fourth-order valence-electron chi connectivity index (χ4n) is 2.19. The minimum absolute atomic E-state index is 0.0346. The minimum Gasteiger partial charge on any atom is -0.496 e. The van der Waals surface area contributed by atoms with Crippen LogP contribution in [0.1, 0.15) is 11.1 Å². The van der Waals surface area contributed by atoms with Crippen LogP contribution in [0.2, 0.25) is 0 Å². The van der Waals surface area contributed by atoms with E-state index in [9.17, 15) is 4.79 Å². The first kappa shape index (κ1) is 13.8. The maximum absolute atomic E-state index is 11.8. The van der Waals surface area contributed by atoms with Crippen LogP contribution < -0.4 is 10.1 Å². The Bertz CT molecular complexity index is 448. The average Bonchev–Trinajstić information content (AvgIpc) is 2.42. The molecule has 1 amide bonds. The number of carbonyl (C=O) groups excluding carboxylic acids is 1. The number of hydrogen-bond donors (Lipinski definition) is 1. The highest BCUT2D eigenvalue weighted by molar-refractivity contribution is 5.78. The van der Waals surface area contributed by atoms with Crippen LogP contribution in [0.3, 0.4) is 0 Å². The maximum Gasteiger partial charge on any atom is 0.248 e. The number of ether oxygens (including phenoxy) is 2. The number of nitrogens with zero attached hydrogens (tertiary/aromatic N) is 1. The molecule has 5 heteroatoms. The molecule has 1 aromatic carbocycles. The monoisotopic (exact) mass is 264 g/mol. The molecule has 1 heterocycles. The molecule has 2 rings (SSSR count). The van der Waals surface area contributed by atoms with Gasteiger partial charge in [0, 0.05) is 25.2 Å². The van der Waals surface area contributed by atoms with Crippen molar-refractivity contribution < 1.29 is 14.3 Å². The topological polar surface area (TPSA) is 50.8 Å². The first-order chi connectivity index (χ1) is 9.24. The van der Waals surface area contributed by atoms with Crippen LogP contribution in [-0.2, 0) is 22.6 Å². The van der Waals surface area contributed by atoms with E-state index in [2.05, 4.69) is 11.4 Å². The number of benzene rings is 1. The van der Waals surface area contributed by atoms with Gasteiger partial charge in [0.15, 0.2) is 0 Å². The number of nitrogens with one attached hydrogen (secondary N) is 1. The highest BCUT2D eigenvalue weighted by Crippen LogP contribution is 2.22. The van der Waals surface area contributed by atoms with Crippen molar-refractivity contribution in [3.63, 3.8) is 0 Å². The molecule has 5 nitrogen and oxygen atoms in total. The van der Waals surface area contributed by atoms with Crippen molar-refractivity contribution in [3.05, 3.63) is 29.3 Å². The number of carbonyl (C=O) groups is 1. The van der Waals surface area contributed by atoms with Gasteiger partial charge in [0.25, 0.3) is 0 Å². The zero-order chi connectivity index (χ0) is 13.7. The average molecular weight is 264 g/mol. The molecule has 0 saturated carbocycles. The first-order valence-electron chi connectivity index (χ1n) is 6.40. The van der Waals surface area contributed by atoms with Crippen LogP contribution in [0, 0.1) is 0 Å². The fourth-order valence-corrected chi connectivity index (χ4v) is 2.19. The lowest BCUT2D eigenvalue weighted by atomic mass is 10.1. The van der Waals surface area contributed by atoms with Gasteiger partial charge in [0.2, 0.25) is 5.91 Å². The van der Waals surface area contributed by atoms with E-state index >= 15 is 0 Å². The van der Waals surface area contributed by atoms with Crippen molar-refractivity contribution in [2.24, 2.45) is 0 Å². The molecule has 0 aliphatic carbocycles. The summed E-state index contributed by atoms with van der Waals surface area (Å²) in [4.78, 5) is 13.6. The van der Waals surface area contributed by atoms with Gasteiger partial charge < -0.3 is 19.7 Å². The Kier molecular flexibility index (Phi) is 4.76. The van der Waals surface area contributed by atoms with Gasteiger partial charge >= 0.3 is 0 Å². The number of morpholine rings is 1. The summed E-state index contributed by atoms with van der Waals surface area (Å²) in [5.74, 6) is 0.853. The van der Waals surface area contributed by atoms with Crippen LogP contribution in [0.4, 0.5) is 0 Å². The predicted molar refractivity (Wildman–Crippen MR) is 72.0 cm³/mol. The third kappa shape index (κ3) is 3.45. The maximum atomic E-state index is 11.8. The van der Waals surface area contributed by atoms with Gasteiger partial charge in [-0.05, 0) is 24.7 Å². The van der Waals surface area contributed by atoms with E-state index in [1.54, 1.807) is 7.11 Å². The number of methoxy groups -OCH3 is 1. The van der Waals surface area contributed by atoms with Crippen molar-refractivity contribution in [3.8, 4) is 5.75 Å². The van der Waals surface area contributed by atoms with Crippen LogP contribution in [0.25, 0.3) is 0 Å². The lowest BCUT2D eigenvalue weighted by molar-refractivity contribution is -0.143. The van der Waals surface area contributed by atoms with Crippen molar-refractivity contribution >= 4 is 5.91 Å². The van der Waals surface area contributed by atoms with E-state index in [1.807, 2.05) is 24.1 Å². The van der Waals surface area contributed by atoms with Gasteiger partial charge in [-0.3, -0.25) is 4.79 Å². The molecule has 1 aliphatic heterocycles. The summed E-state index contributed by atoms with van der Waals surface area (Å²) in [6, 6.07) is 6.06. The van der Waals surface area contributed by atoms with Crippen LogP contribution >= 0.6 is 0 Å². The summed E-state index contributed by atoms with van der Waals surface area (Å²) in [5.41, 5.74) is 2.21. The van der Waals surface area contributed by atoms with E-state index in [-0.39, 0.29) is 12.5 Å². The molecule has 0 atom stereocenters. The highest BCUT2D eigenvalue weighted by Gasteiger charge is 2.20. The zero-order valence-corrected chi connectivity index (χ0v) is 11.4. The molecule has 1 N–H and O–H groups in total. The Morgan fingerprint density at radius 1 is 1.47 bits per heavy atom. The molecule has 104 valence electrons. The number of hydrogen-bond acceptors (Lipinski definition) is 4. The Hall–Kier alpha value is -1.59. The molecule has 1 fully saturated rings. The predicted octanol–water partition coefficient (Wildman–Crippen LogP) is 0.773. The number of amides is 1. The Morgan fingerprint density at radius 3 is 3.00 bits per heavy atom. The quantitative estimate of drug-likeness (QED) is 0.853. The first-order valence-corrected chi connectivity index (χ1v) is 6.40. The SMILES string of the molecule is CNCc1ccc(OC)c(CN2CCOCC2=O)c1. The molecule has 0 bridgehead atoms. The fraction of sp³-hybridized carbons (Fsp3) is 0.500. The molecule has 1 aromatic rings. The summed E-state index contributed by atoms with van der Waals surface area (Å²) in [5, 5.41) is 3.12. The molecule has 1 saturated heterocycles. The van der Waals surface area contributed by atoms with E-state index in [1.165, 1.54) is 5.56 Å². The molecule has 0 aromatic heterocycles. The lowest BCUT2D eigenvalue weighted by Crippen LogP contribution is -2.41. The summed E-state index contributed by atoms with van der Waals surface area (Å²) < 4.78 is 10.5. The van der Waals surface area contributed by atoms with Crippen molar-refractivity contribution in [1.82, 2.24) is 10.2 Å². The molecular formula is C14H20N2O3. The van der Waals surface area contributed by atoms with Crippen molar-refractivity contribution in [2.45, 2.75) is 13.1 Å². The van der Waals surface area contributed by atoms with Gasteiger partial charge in [-0.2, -0.15) is 0 Å². The van der Waals surface area contributed by atoms with Crippen LogP contribution in [0.5, 0.6) is 5.75 Å². The van der Waals surface area contributed by atoms with Gasteiger partial charge in [0.1, 0.15) is 12.4 Å². The molecule has 0 radical (unpaired) electrons. The van der Waals surface area contributed by atoms with Crippen LogP contribution in [0.15, 0.2) is 18.2 Å². The van der Waals surface area contributed by atoms with Crippen molar-refractivity contribution in [1.29, 1.82) is 0 Å². The van der Waals surface area contributed by atoms with E-state index < -0.39 is 0 Å². The van der Waals surface area contributed by atoms with E-state index in [4.69, 9.17) is 9.47 Å². The van der Waals surface area contributed by atoms with Gasteiger partial charge in [-0.1, -0.05) is 6.07 Å². The second-order valence-electron chi connectivity index (χ2n) is 4.54. The molecule has 0 unspecified atom stereocenters. The summed E-state index contributed by atoms with van der Waals surface area (Å²) in [7, 11) is 3.56. The third-order valence-corrected chi connectivity index (χ3v) is 3.17. The highest BCUT2D eigenvalue weighted by atomic mass is 16.5. The van der Waals surface area contributed by atoms with Gasteiger partial charge in [-0.25, -0.2) is 0 Å². The smallest absolute Gasteiger partial charge is 0.248 e. The minimum atomic E-state index is 0.0346. The normalized spacial score (nSPS) is 15.7. The van der Waals surface area contributed by atoms with Crippen molar-refractivity contribution in [2.75, 3.05) is 33.9 Å². The second kappa shape index (κ2) is 6.54. The summed E-state index contributed by atoms with van der Waals surface area (Å²) in [6.45, 7) is 2.79. The summed E-state index contributed by atoms with van der Waals surface area (Å²) in [6.07, 6.45) is 0. The molecule has 0 spiro atoms. The molecule has 19 heavy (non-hydrogen) atoms. The Balaban J connectivity index is 2.16. The second-order valence-corrected chi connectivity index (χ2v) is 4.54.